The van der Waals surface area contributed by atoms with Gasteiger partial charge in [0.1, 0.15) is 5.01 Å². The van der Waals surface area contributed by atoms with Gasteiger partial charge in [0.15, 0.2) is 11.7 Å². The van der Waals surface area contributed by atoms with Gasteiger partial charge in [0.25, 0.3) is 0 Å². The Bertz CT molecular complexity index is 757. The number of nitrogens with zero attached hydrogens (tertiary/aromatic N) is 3. The van der Waals surface area contributed by atoms with Gasteiger partial charge in [-0.1, -0.05) is 18.2 Å². The predicted molar refractivity (Wildman–Crippen MR) is 95.3 cm³/mol. The first kappa shape index (κ1) is 16.4. The van der Waals surface area contributed by atoms with Crippen molar-refractivity contribution in [1.82, 2.24) is 15.2 Å². The van der Waals surface area contributed by atoms with Crippen LogP contribution in [0.5, 0.6) is 0 Å². The van der Waals surface area contributed by atoms with Gasteiger partial charge < -0.3 is 15.0 Å². The number of aromatic nitrogens is 1. The van der Waals surface area contributed by atoms with Crippen molar-refractivity contribution >= 4 is 23.3 Å². The molecule has 24 heavy (non-hydrogen) atoms. The van der Waals surface area contributed by atoms with E-state index in [1.165, 1.54) is 18.4 Å². The lowest BCUT2D eigenvalue weighted by molar-refractivity contribution is 0.0595. The second kappa shape index (κ2) is 7.44. The predicted octanol–water partition coefficient (Wildman–Crippen LogP) is 2.38. The van der Waals surface area contributed by atoms with Crippen LogP contribution in [0.2, 0.25) is 0 Å². The van der Waals surface area contributed by atoms with Gasteiger partial charge >= 0.3 is 5.97 Å². The Morgan fingerprint density at radius 2 is 2.33 bits per heavy atom. The number of carbonyl (C=O) groups excluding carboxylic acids is 1. The third-order valence-corrected chi connectivity index (χ3v) is 4.69. The molecule has 1 aliphatic rings. The van der Waals surface area contributed by atoms with Crippen LogP contribution >= 0.6 is 11.3 Å². The van der Waals surface area contributed by atoms with Crippen LogP contribution in [0.3, 0.4) is 0 Å². The maximum atomic E-state index is 11.5. The first-order valence-corrected chi connectivity index (χ1v) is 8.68. The van der Waals surface area contributed by atoms with Crippen molar-refractivity contribution in [3.63, 3.8) is 0 Å². The Hall–Kier alpha value is -2.41. The lowest BCUT2D eigenvalue weighted by Crippen LogP contribution is -2.41. The Labute approximate surface area is 145 Å². The van der Waals surface area contributed by atoms with Gasteiger partial charge in [-0.3, -0.25) is 4.99 Å². The number of hydrogen-bond donors (Lipinski definition) is 1. The van der Waals surface area contributed by atoms with Gasteiger partial charge in [-0.25, -0.2) is 9.78 Å². The van der Waals surface area contributed by atoms with Crippen molar-refractivity contribution < 1.29 is 9.53 Å². The zero-order valence-corrected chi connectivity index (χ0v) is 14.6. The molecule has 1 aliphatic heterocycles. The van der Waals surface area contributed by atoms with Gasteiger partial charge in [-0.05, 0) is 18.1 Å². The van der Waals surface area contributed by atoms with E-state index in [4.69, 9.17) is 4.74 Å². The number of thiazole rings is 1. The minimum atomic E-state index is -0.409. The molecule has 0 amide bonds. The van der Waals surface area contributed by atoms with Gasteiger partial charge in [-0.15, -0.1) is 11.3 Å². The topological polar surface area (TPSA) is 66.8 Å². The van der Waals surface area contributed by atoms with E-state index in [0.29, 0.717) is 12.2 Å². The van der Waals surface area contributed by atoms with Crippen molar-refractivity contribution in [2.75, 3.05) is 27.2 Å². The average Bonchev–Trinajstić information content (AvgIpc) is 3.11. The van der Waals surface area contributed by atoms with E-state index in [1.54, 1.807) is 5.38 Å². The second-order valence-corrected chi connectivity index (χ2v) is 6.42. The molecule has 0 aliphatic carbocycles. The molecule has 1 N–H and O–H groups in total. The fraction of sp³-hybridized carbons (Fsp3) is 0.353. The number of nitrogens with one attached hydrogen (secondary N) is 1. The third kappa shape index (κ3) is 3.73. The summed E-state index contributed by atoms with van der Waals surface area (Å²) in [6.07, 6.45) is 1.10. The molecule has 2 heterocycles. The number of guanidine groups is 1. The van der Waals surface area contributed by atoms with E-state index in [2.05, 4.69) is 32.3 Å². The number of rotatable bonds is 4. The van der Waals surface area contributed by atoms with Crippen molar-refractivity contribution in [2.24, 2.45) is 4.99 Å². The summed E-state index contributed by atoms with van der Waals surface area (Å²) in [6.45, 7) is 2.61. The van der Waals surface area contributed by atoms with Crippen molar-refractivity contribution in [3.8, 4) is 10.6 Å². The van der Waals surface area contributed by atoms with E-state index >= 15 is 0 Å². The lowest BCUT2D eigenvalue weighted by atomic mass is 10.1. The number of hydrogen-bond acceptors (Lipinski definition) is 7. The maximum absolute atomic E-state index is 11.5. The number of aliphatic imine (C=N–C) groups is 1. The fourth-order valence-electron chi connectivity index (χ4n) is 2.51. The number of carbonyl (C=O) groups is 1. The molecule has 0 unspecified atom stereocenters. The summed E-state index contributed by atoms with van der Waals surface area (Å²) in [6, 6.07) is 8.14. The van der Waals surface area contributed by atoms with E-state index in [0.717, 1.165) is 41.6 Å². The molecule has 2 aromatic rings. The monoisotopic (exact) mass is 344 g/mol. The van der Waals surface area contributed by atoms with Crippen molar-refractivity contribution in [2.45, 2.75) is 13.0 Å². The molecule has 0 spiro atoms. The highest BCUT2D eigenvalue weighted by Crippen LogP contribution is 2.24. The minimum Gasteiger partial charge on any atom is -0.464 e. The van der Waals surface area contributed by atoms with Crippen molar-refractivity contribution in [3.05, 3.63) is 40.9 Å². The van der Waals surface area contributed by atoms with Gasteiger partial charge in [0, 0.05) is 37.6 Å². The number of ether oxygens (including phenoxy) is 1. The quantitative estimate of drug-likeness (QED) is 0.863. The van der Waals surface area contributed by atoms with Crippen LogP contribution in [-0.4, -0.2) is 49.1 Å². The SMILES string of the molecule is COC(=O)c1csc(-c2cccc(CNC3=NCCCN3C)c2)n1. The summed E-state index contributed by atoms with van der Waals surface area (Å²) in [7, 11) is 3.41. The Kier molecular flexibility index (Phi) is 5.10. The standard InChI is InChI=1S/C17H20N4O2S/c1-21-8-4-7-18-17(21)19-10-12-5-3-6-13(9-12)15-20-14(11-24-15)16(22)23-2/h3,5-6,9,11H,4,7-8,10H2,1-2H3,(H,18,19). The van der Waals surface area contributed by atoms with Crippen molar-refractivity contribution in [1.29, 1.82) is 0 Å². The van der Waals surface area contributed by atoms with Crippen LogP contribution in [0.1, 0.15) is 22.5 Å². The minimum absolute atomic E-state index is 0.346. The highest BCUT2D eigenvalue weighted by atomic mass is 32.1. The first-order valence-electron chi connectivity index (χ1n) is 7.80. The Balaban J connectivity index is 1.71. The number of methoxy groups -OCH3 is 1. The highest BCUT2D eigenvalue weighted by Gasteiger charge is 2.13. The summed E-state index contributed by atoms with van der Waals surface area (Å²) >= 11 is 1.44. The largest absolute Gasteiger partial charge is 0.464 e. The van der Waals surface area contributed by atoms with Crippen LogP contribution < -0.4 is 5.32 Å². The molecule has 1 aromatic heterocycles. The summed E-state index contributed by atoms with van der Waals surface area (Å²) in [4.78, 5) is 22.5. The van der Waals surface area contributed by atoms with Crippen LogP contribution in [0, 0.1) is 0 Å². The number of benzene rings is 1. The summed E-state index contributed by atoms with van der Waals surface area (Å²) < 4.78 is 4.70. The molecule has 6 nitrogen and oxygen atoms in total. The molecule has 126 valence electrons. The fourth-order valence-corrected chi connectivity index (χ4v) is 3.30. The van der Waals surface area contributed by atoms with E-state index in [-0.39, 0.29) is 0 Å². The van der Waals surface area contributed by atoms with Gasteiger partial charge in [0.2, 0.25) is 0 Å². The highest BCUT2D eigenvalue weighted by molar-refractivity contribution is 7.13. The molecule has 0 radical (unpaired) electrons. The van der Waals surface area contributed by atoms with E-state index in [9.17, 15) is 4.79 Å². The molecule has 0 saturated heterocycles. The molecule has 0 saturated carbocycles. The first-order chi connectivity index (χ1) is 11.7. The molecular formula is C17H20N4O2S. The lowest BCUT2D eigenvalue weighted by Gasteiger charge is -2.25. The summed E-state index contributed by atoms with van der Waals surface area (Å²) in [5, 5.41) is 5.91. The maximum Gasteiger partial charge on any atom is 0.357 e. The molecule has 0 atom stereocenters. The van der Waals surface area contributed by atoms with Crippen LogP contribution in [0.4, 0.5) is 0 Å². The molecular weight excluding hydrogens is 324 g/mol. The van der Waals surface area contributed by atoms with E-state index < -0.39 is 5.97 Å². The van der Waals surface area contributed by atoms with Gasteiger partial charge in [0.05, 0.1) is 7.11 Å². The molecule has 1 aromatic carbocycles. The Morgan fingerprint density at radius 1 is 1.46 bits per heavy atom. The zero-order chi connectivity index (χ0) is 16.9. The zero-order valence-electron chi connectivity index (χ0n) is 13.8. The Morgan fingerprint density at radius 3 is 3.12 bits per heavy atom. The molecule has 7 heteroatoms. The van der Waals surface area contributed by atoms with E-state index in [1.807, 2.05) is 19.2 Å². The number of esters is 1. The molecule has 0 fully saturated rings. The summed E-state index contributed by atoms with van der Waals surface area (Å²) in [5.41, 5.74) is 2.48. The van der Waals surface area contributed by atoms with Crippen LogP contribution in [0.15, 0.2) is 34.6 Å². The third-order valence-electron chi connectivity index (χ3n) is 3.80. The van der Waals surface area contributed by atoms with Gasteiger partial charge in [-0.2, -0.15) is 0 Å². The normalized spacial score (nSPS) is 14.2. The second-order valence-electron chi connectivity index (χ2n) is 5.56. The van der Waals surface area contributed by atoms with Crippen LogP contribution in [-0.2, 0) is 11.3 Å². The smallest absolute Gasteiger partial charge is 0.357 e. The average molecular weight is 344 g/mol. The summed E-state index contributed by atoms with van der Waals surface area (Å²) in [5.74, 6) is 0.530. The molecule has 0 bridgehead atoms. The van der Waals surface area contributed by atoms with Crippen LogP contribution in [0.25, 0.3) is 10.6 Å². The molecule has 3 rings (SSSR count).